The molecule has 8 nitrogen and oxygen atoms in total. The van der Waals surface area contributed by atoms with E-state index >= 15 is 0 Å². The second kappa shape index (κ2) is 11.0. The molecule has 2 saturated carbocycles. The molecule has 41 heavy (non-hydrogen) atoms. The summed E-state index contributed by atoms with van der Waals surface area (Å²) in [7, 11) is 0.439. The highest BCUT2D eigenvalue weighted by molar-refractivity contribution is 7.82. The Labute approximate surface area is 250 Å². The van der Waals surface area contributed by atoms with Gasteiger partial charge in [0, 0.05) is 43.5 Å². The van der Waals surface area contributed by atoms with Gasteiger partial charge in [0.2, 0.25) is 5.91 Å². The van der Waals surface area contributed by atoms with Crippen molar-refractivity contribution in [2.45, 2.75) is 97.3 Å². The number of carbonyl (C=O) groups excluding carboxylic acids is 1. The number of pyridine rings is 1. The molecule has 1 amide bonds. The standard InChI is InChI=1S/C32H52N6O2S/c1-21(2)27(28(39)38-20-32(18-24(38)22(3)33)30(8,9)31(32)15-13-16-31)36-23(4)35-25(29(5,6)7)19-37(10)41(40)26-14-11-12-17-34-26/h11-12,14,17,21,24-25,27,35-36H,3-4,13,15-16,18-20,33H2,1-2,5-10H3. The zero-order valence-corrected chi connectivity index (χ0v) is 27.2. The Kier molecular flexibility index (Phi) is 8.48. The molecule has 0 aromatic carbocycles. The molecule has 5 unspecified atom stereocenters. The van der Waals surface area contributed by atoms with Gasteiger partial charge in [0.25, 0.3) is 0 Å². The molecule has 1 aromatic rings. The zero-order chi connectivity index (χ0) is 30.5. The molecular weight excluding hydrogens is 532 g/mol. The second-order valence-electron chi connectivity index (χ2n) is 14.5. The highest BCUT2D eigenvalue weighted by Crippen LogP contribution is 2.88. The molecule has 1 aliphatic heterocycles. The molecule has 3 aliphatic rings. The van der Waals surface area contributed by atoms with Crippen molar-refractivity contribution in [2.24, 2.45) is 33.3 Å². The van der Waals surface area contributed by atoms with Crippen LogP contribution >= 0.6 is 0 Å². The van der Waals surface area contributed by atoms with Gasteiger partial charge in [0.05, 0.1) is 11.9 Å². The van der Waals surface area contributed by atoms with E-state index in [9.17, 15) is 9.00 Å². The molecule has 5 atom stereocenters. The molecule has 3 fully saturated rings. The molecule has 9 heteroatoms. The number of amides is 1. The molecule has 2 heterocycles. The van der Waals surface area contributed by atoms with E-state index in [2.05, 4.69) is 77.2 Å². The quantitative estimate of drug-likeness (QED) is 0.356. The number of nitrogens with one attached hydrogen (secondary N) is 2. The van der Waals surface area contributed by atoms with Crippen molar-refractivity contribution in [3.05, 3.63) is 49.1 Å². The monoisotopic (exact) mass is 584 g/mol. The SMILES string of the molecule is C=C(NC(C(=O)N1CC2(CC1C(=C)N)C(C)(C)C21CCC1)C(C)C)NC(CN(C)S(=O)c1ccccn1)C(C)(C)C. The van der Waals surface area contributed by atoms with Crippen LogP contribution in [0.3, 0.4) is 0 Å². The maximum absolute atomic E-state index is 14.2. The van der Waals surface area contributed by atoms with Crippen LogP contribution in [0.4, 0.5) is 0 Å². The fourth-order valence-electron chi connectivity index (χ4n) is 7.76. The van der Waals surface area contributed by atoms with E-state index in [1.807, 2.05) is 24.1 Å². The van der Waals surface area contributed by atoms with E-state index in [4.69, 9.17) is 5.73 Å². The lowest BCUT2D eigenvalue weighted by atomic mass is 9.73. The van der Waals surface area contributed by atoms with Crippen molar-refractivity contribution in [1.29, 1.82) is 0 Å². The van der Waals surface area contributed by atoms with Gasteiger partial charge in [-0.25, -0.2) is 13.5 Å². The smallest absolute Gasteiger partial charge is 0.245 e. The minimum Gasteiger partial charge on any atom is -0.401 e. The van der Waals surface area contributed by atoms with Crippen molar-refractivity contribution >= 4 is 16.9 Å². The predicted molar refractivity (Wildman–Crippen MR) is 166 cm³/mol. The van der Waals surface area contributed by atoms with Crippen molar-refractivity contribution in [3.63, 3.8) is 0 Å². The van der Waals surface area contributed by atoms with Gasteiger partial charge in [-0.2, -0.15) is 0 Å². The molecule has 2 spiro atoms. The van der Waals surface area contributed by atoms with Gasteiger partial charge in [-0.1, -0.05) is 74.1 Å². The van der Waals surface area contributed by atoms with Crippen LogP contribution in [0.25, 0.3) is 0 Å². The van der Waals surface area contributed by atoms with Crippen LogP contribution in [0.1, 0.15) is 74.1 Å². The van der Waals surface area contributed by atoms with Crippen molar-refractivity contribution in [3.8, 4) is 0 Å². The molecule has 228 valence electrons. The summed E-state index contributed by atoms with van der Waals surface area (Å²) in [4.78, 5) is 20.5. The van der Waals surface area contributed by atoms with Crippen LogP contribution in [-0.2, 0) is 15.8 Å². The number of hydrogen-bond acceptors (Lipinski definition) is 6. The largest absolute Gasteiger partial charge is 0.401 e. The number of aromatic nitrogens is 1. The van der Waals surface area contributed by atoms with Gasteiger partial charge in [0.1, 0.15) is 22.1 Å². The summed E-state index contributed by atoms with van der Waals surface area (Å²) < 4.78 is 14.9. The highest BCUT2D eigenvalue weighted by Gasteiger charge is 2.84. The molecule has 0 radical (unpaired) electrons. The van der Waals surface area contributed by atoms with Gasteiger partial charge in [-0.3, -0.25) is 4.79 Å². The van der Waals surface area contributed by atoms with Crippen LogP contribution in [0.5, 0.6) is 0 Å². The van der Waals surface area contributed by atoms with Crippen LogP contribution in [0.15, 0.2) is 54.1 Å². The third-order valence-corrected chi connectivity index (χ3v) is 12.0. The Morgan fingerprint density at radius 1 is 1.22 bits per heavy atom. The lowest BCUT2D eigenvalue weighted by Gasteiger charge is -2.37. The van der Waals surface area contributed by atoms with Gasteiger partial charge in [0.15, 0.2) is 0 Å². The number of likely N-dealkylation sites (N-methyl/N-ethyl adjacent to an activating group) is 1. The second-order valence-corrected chi connectivity index (χ2v) is 16.1. The first kappa shape index (κ1) is 31.5. The van der Waals surface area contributed by atoms with E-state index in [1.165, 1.54) is 19.3 Å². The normalized spacial score (nSPS) is 26.5. The fraction of sp³-hybridized carbons (Fsp3) is 0.688. The summed E-state index contributed by atoms with van der Waals surface area (Å²) in [6.45, 7) is 24.9. The van der Waals surface area contributed by atoms with Gasteiger partial charge < -0.3 is 21.3 Å². The maximum Gasteiger partial charge on any atom is 0.245 e. The van der Waals surface area contributed by atoms with Crippen molar-refractivity contribution < 1.29 is 9.00 Å². The molecule has 1 aromatic heterocycles. The molecule has 4 rings (SSSR count). The lowest BCUT2D eigenvalue weighted by Crippen LogP contribution is -2.55. The number of carbonyl (C=O) groups is 1. The minimum atomic E-state index is -1.39. The van der Waals surface area contributed by atoms with Crippen LogP contribution in [0, 0.1) is 27.6 Å². The minimum absolute atomic E-state index is 0.0292. The first-order valence-electron chi connectivity index (χ1n) is 15.0. The van der Waals surface area contributed by atoms with Gasteiger partial charge in [-0.05, 0) is 53.6 Å². The van der Waals surface area contributed by atoms with E-state index in [-0.39, 0.29) is 40.2 Å². The Morgan fingerprint density at radius 2 is 1.88 bits per heavy atom. The number of nitrogens with zero attached hydrogens (tertiary/aromatic N) is 3. The summed E-state index contributed by atoms with van der Waals surface area (Å²) in [6.07, 6.45) is 6.31. The van der Waals surface area contributed by atoms with Crippen LogP contribution < -0.4 is 16.4 Å². The summed E-state index contributed by atoms with van der Waals surface area (Å²) in [5.41, 5.74) is 7.38. The third kappa shape index (κ3) is 5.33. The van der Waals surface area contributed by atoms with Gasteiger partial charge in [-0.15, -0.1) is 0 Å². The highest BCUT2D eigenvalue weighted by atomic mass is 32.2. The number of hydrogen-bond donors (Lipinski definition) is 3. The average Bonchev–Trinajstić information content (AvgIpc) is 3.11. The van der Waals surface area contributed by atoms with Crippen molar-refractivity contribution in [1.82, 2.24) is 24.8 Å². The van der Waals surface area contributed by atoms with E-state index in [0.717, 1.165) is 13.0 Å². The summed E-state index contributed by atoms with van der Waals surface area (Å²) >= 11 is 0. The van der Waals surface area contributed by atoms with E-state index < -0.39 is 17.0 Å². The molecule has 4 N–H and O–H groups in total. The predicted octanol–water partition coefficient (Wildman–Crippen LogP) is 4.40. The van der Waals surface area contributed by atoms with E-state index in [1.54, 1.807) is 16.6 Å². The Morgan fingerprint density at radius 3 is 2.34 bits per heavy atom. The third-order valence-electron chi connectivity index (χ3n) is 10.7. The fourth-order valence-corrected chi connectivity index (χ4v) is 8.71. The van der Waals surface area contributed by atoms with Crippen molar-refractivity contribution in [2.75, 3.05) is 20.1 Å². The van der Waals surface area contributed by atoms with E-state index in [0.29, 0.717) is 28.5 Å². The molecule has 1 saturated heterocycles. The number of fused-ring (bicyclic) bond motifs is 1. The molecule has 0 bridgehead atoms. The maximum atomic E-state index is 14.2. The Bertz CT molecular complexity index is 1190. The molecule has 2 aliphatic carbocycles. The Balaban J connectivity index is 1.47. The average molecular weight is 585 g/mol. The summed E-state index contributed by atoms with van der Waals surface area (Å²) in [6, 6.07) is 4.71. The first-order valence-corrected chi connectivity index (χ1v) is 16.1. The van der Waals surface area contributed by atoms with Gasteiger partial charge >= 0.3 is 0 Å². The van der Waals surface area contributed by atoms with Crippen LogP contribution in [0.2, 0.25) is 0 Å². The topological polar surface area (TPSA) is 104 Å². The first-order chi connectivity index (χ1) is 19.0. The number of rotatable bonds is 11. The summed E-state index contributed by atoms with van der Waals surface area (Å²) in [5, 5.41) is 7.47. The van der Waals surface area contributed by atoms with Crippen LogP contribution in [-0.4, -0.2) is 62.6 Å². The zero-order valence-electron chi connectivity index (χ0n) is 26.4. The Hall–Kier alpha value is -2.39. The summed E-state index contributed by atoms with van der Waals surface area (Å²) in [5.74, 6) is 0.657. The lowest BCUT2D eigenvalue weighted by molar-refractivity contribution is -0.135. The number of nitrogens with two attached hydrogens (primary N) is 1. The molecular formula is C32H52N6O2S. The number of likely N-dealkylation sites (tertiary alicyclic amines) is 1.